The van der Waals surface area contributed by atoms with Gasteiger partial charge in [-0.25, -0.2) is 9.59 Å². The summed E-state index contributed by atoms with van der Waals surface area (Å²) < 4.78 is 10.3. The first-order valence-corrected chi connectivity index (χ1v) is 8.38. The Bertz CT molecular complexity index is 585. The standard InChI is InChI=1S/C18H26N2O5/c1-18(2,3)25-17(23)20-14-9-13(10-15(14)21)19-16(22)24-11-12-7-5-4-6-8-12/h4-8,13-15,21H,9-11H2,1-3H3,(H,19,22)(H,20,23)/t13-,14-,15?/m1/s1. The van der Waals surface area contributed by atoms with E-state index in [1.807, 2.05) is 30.3 Å². The zero-order valence-corrected chi connectivity index (χ0v) is 14.8. The fourth-order valence-corrected chi connectivity index (χ4v) is 2.68. The summed E-state index contributed by atoms with van der Waals surface area (Å²) >= 11 is 0. The van der Waals surface area contributed by atoms with Crippen molar-refractivity contribution in [1.29, 1.82) is 0 Å². The van der Waals surface area contributed by atoms with E-state index in [0.29, 0.717) is 12.8 Å². The van der Waals surface area contributed by atoms with Crippen LogP contribution in [0.5, 0.6) is 0 Å². The van der Waals surface area contributed by atoms with Crippen LogP contribution >= 0.6 is 0 Å². The summed E-state index contributed by atoms with van der Waals surface area (Å²) in [5.41, 5.74) is 0.292. The van der Waals surface area contributed by atoms with Crippen molar-refractivity contribution >= 4 is 12.2 Å². The minimum Gasteiger partial charge on any atom is -0.445 e. The Morgan fingerprint density at radius 2 is 1.80 bits per heavy atom. The molecule has 1 aromatic carbocycles. The molecular formula is C18H26N2O5. The molecule has 1 unspecified atom stereocenters. The monoisotopic (exact) mass is 350 g/mol. The minimum absolute atomic E-state index is 0.182. The van der Waals surface area contributed by atoms with Crippen molar-refractivity contribution in [3.63, 3.8) is 0 Å². The second-order valence-electron chi connectivity index (χ2n) is 7.19. The van der Waals surface area contributed by atoms with Crippen molar-refractivity contribution < 1.29 is 24.2 Å². The van der Waals surface area contributed by atoms with Gasteiger partial charge in [0.15, 0.2) is 0 Å². The molecule has 2 amide bonds. The molecule has 0 radical (unpaired) electrons. The Balaban J connectivity index is 1.75. The van der Waals surface area contributed by atoms with Gasteiger partial charge in [0.05, 0.1) is 12.1 Å². The molecular weight excluding hydrogens is 324 g/mol. The predicted molar refractivity (Wildman–Crippen MR) is 91.9 cm³/mol. The number of amides is 2. The van der Waals surface area contributed by atoms with Crippen molar-refractivity contribution in [1.82, 2.24) is 10.6 Å². The Hall–Kier alpha value is -2.28. The maximum absolute atomic E-state index is 11.9. The van der Waals surface area contributed by atoms with Crippen LogP contribution in [0.4, 0.5) is 9.59 Å². The van der Waals surface area contributed by atoms with Crippen molar-refractivity contribution in [2.45, 2.75) is 64.0 Å². The van der Waals surface area contributed by atoms with Crippen LogP contribution in [-0.2, 0) is 16.1 Å². The normalized spacial score (nSPS) is 23.0. The van der Waals surface area contributed by atoms with Gasteiger partial charge in [-0.3, -0.25) is 0 Å². The zero-order chi connectivity index (χ0) is 18.4. The third-order valence-electron chi connectivity index (χ3n) is 3.77. The van der Waals surface area contributed by atoms with Gasteiger partial charge in [0, 0.05) is 6.04 Å². The van der Waals surface area contributed by atoms with E-state index in [1.54, 1.807) is 20.8 Å². The van der Waals surface area contributed by atoms with Crippen LogP contribution in [0.3, 0.4) is 0 Å². The molecule has 0 aliphatic heterocycles. The van der Waals surface area contributed by atoms with Gasteiger partial charge in [0.1, 0.15) is 12.2 Å². The van der Waals surface area contributed by atoms with Crippen LogP contribution < -0.4 is 10.6 Å². The molecule has 1 fully saturated rings. The number of benzene rings is 1. The van der Waals surface area contributed by atoms with Crippen LogP contribution in [0.15, 0.2) is 30.3 Å². The quantitative estimate of drug-likeness (QED) is 0.774. The number of hydrogen-bond donors (Lipinski definition) is 3. The molecule has 138 valence electrons. The smallest absolute Gasteiger partial charge is 0.407 e. The van der Waals surface area contributed by atoms with E-state index in [9.17, 15) is 14.7 Å². The fourth-order valence-electron chi connectivity index (χ4n) is 2.68. The maximum atomic E-state index is 11.9. The average molecular weight is 350 g/mol. The third kappa shape index (κ3) is 6.62. The Morgan fingerprint density at radius 3 is 2.44 bits per heavy atom. The number of hydrogen-bond acceptors (Lipinski definition) is 5. The molecule has 0 bridgehead atoms. The summed E-state index contributed by atoms with van der Waals surface area (Å²) in [7, 11) is 0. The molecule has 3 atom stereocenters. The van der Waals surface area contributed by atoms with E-state index in [4.69, 9.17) is 9.47 Å². The van der Waals surface area contributed by atoms with Gasteiger partial charge in [0.2, 0.25) is 0 Å². The molecule has 0 saturated heterocycles. The lowest BCUT2D eigenvalue weighted by atomic mass is 10.2. The lowest BCUT2D eigenvalue weighted by Crippen LogP contribution is -2.43. The minimum atomic E-state index is -0.744. The number of aliphatic hydroxyl groups excluding tert-OH is 1. The van der Waals surface area contributed by atoms with Crippen molar-refractivity contribution in [2.75, 3.05) is 0 Å². The summed E-state index contributed by atoms with van der Waals surface area (Å²) in [5, 5.41) is 15.4. The van der Waals surface area contributed by atoms with E-state index in [2.05, 4.69) is 10.6 Å². The summed E-state index contributed by atoms with van der Waals surface area (Å²) in [4.78, 5) is 23.7. The zero-order valence-electron chi connectivity index (χ0n) is 14.8. The number of carbonyl (C=O) groups is 2. The number of nitrogens with one attached hydrogen (secondary N) is 2. The second kappa shape index (κ2) is 8.20. The molecule has 7 heteroatoms. The second-order valence-corrected chi connectivity index (χ2v) is 7.19. The van der Waals surface area contributed by atoms with Crippen molar-refractivity contribution in [3.8, 4) is 0 Å². The summed E-state index contributed by atoms with van der Waals surface area (Å²) in [5.74, 6) is 0. The molecule has 0 aromatic heterocycles. The number of rotatable bonds is 4. The highest BCUT2D eigenvalue weighted by molar-refractivity contribution is 5.69. The van der Waals surface area contributed by atoms with E-state index in [1.165, 1.54) is 0 Å². The molecule has 1 saturated carbocycles. The van der Waals surface area contributed by atoms with Gasteiger partial charge in [-0.2, -0.15) is 0 Å². The Labute approximate surface area is 147 Å². The van der Waals surface area contributed by atoms with Crippen LogP contribution in [0, 0.1) is 0 Å². The molecule has 0 spiro atoms. The lowest BCUT2D eigenvalue weighted by molar-refractivity contribution is 0.0449. The van der Waals surface area contributed by atoms with Gasteiger partial charge in [-0.1, -0.05) is 30.3 Å². The number of carbonyl (C=O) groups excluding carboxylic acids is 2. The van der Waals surface area contributed by atoms with Crippen LogP contribution in [0.1, 0.15) is 39.2 Å². The first-order chi connectivity index (χ1) is 11.7. The lowest BCUT2D eigenvalue weighted by Gasteiger charge is -2.22. The largest absolute Gasteiger partial charge is 0.445 e. The van der Waals surface area contributed by atoms with E-state index >= 15 is 0 Å². The van der Waals surface area contributed by atoms with Gasteiger partial charge in [-0.05, 0) is 39.2 Å². The Morgan fingerprint density at radius 1 is 1.12 bits per heavy atom. The SMILES string of the molecule is CC(C)(C)OC(=O)N[C@@H]1C[C@@H](NC(=O)OCc2ccccc2)CC1O. The molecule has 1 aliphatic carbocycles. The Kier molecular flexibility index (Phi) is 6.25. The topological polar surface area (TPSA) is 96.9 Å². The maximum Gasteiger partial charge on any atom is 0.407 e. The van der Waals surface area contributed by atoms with Crippen molar-refractivity contribution in [2.24, 2.45) is 0 Å². The van der Waals surface area contributed by atoms with E-state index in [0.717, 1.165) is 5.56 Å². The third-order valence-corrected chi connectivity index (χ3v) is 3.77. The fraction of sp³-hybridized carbons (Fsp3) is 0.556. The van der Waals surface area contributed by atoms with E-state index < -0.39 is 29.9 Å². The first kappa shape index (κ1) is 19.1. The first-order valence-electron chi connectivity index (χ1n) is 8.38. The van der Waals surface area contributed by atoms with Crippen LogP contribution in [0.25, 0.3) is 0 Å². The summed E-state index contributed by atoms with van der Waals surface area (Å²) in [6.45, 7) is 5.49. The molecule has 1 aliphatic rings. The molecule has 3 N–H and O–H groups in total. The molecule has 7 nitrogen and oxygen atoms in total. The number of alkyl carbamates (subject to hydrolysis) is 2. The molecule has 0 heterocycles. The molecule has 2 rings (SSSR count). The number of aliphatic hydroxyl groups is 1. The average Bonchev–Trinajstić information content (AvgIpc) is 2.83. The van der Waals surface area contributed by atoms with Gasteiger partial charge < -0.3 is 25.2 Å². The summed E-state index contributed by atoms with van der Waals surface area (Å²) in [6, 6.07) is 8.64. The van der Waals surface area contributed by atoms with Gasteiger partial charge in [0.25, 0.3) is 0 Å². The van der Waals surface area contributed by atoms with Crippen molar-refractivity contribution in [3.05, 3.63) is 35.9 Å². The van der Waals surface area contributed by atoms with E-state index in [-0.39, 0.29) is 12.6 Å². The van der Waals surface area contributed by atoms with Crippen LogP contribution in [0.2, 0.25) is 0 Å². The highest BCUT2D eigenvalue weighted by atomic mass is 16.6. The van der Waals surface area contributed by atoms with Gasteiger partial charge >= 0.3 is 12.2 Å². The molecule has 25 heavy (non-hydrogen) atoms. The summed E-state index contributed by atoms with van der Waals surface area (Å²) in [6.07, 6.45) is -1.10. The number of ether oxygens (including phenoxy) is 2. The van der Waals surface area contributed by atoms with Gasteiger partial charge in [-0.15, -0.1) is 0 Å². The molecule has 1 aromatic rings. The highest BCUT2D eigenvalue weighted by Crippen LogP contribution is 2.21. The predicted octanol–water partition coefficient (Wildman–Crippen LogP) is 2.33. The van der Waals surface area contributed by atoms with Crippen LogP contribution in [-0.4, -0.2) is 41.1 Å². The highest BCUT2D eigenvalue weighted by Gasteiger charge is 2.35.